The molecular weight excluding hydrogens is 440 g/mol. The van der Waals surface area contributed by atoms with Crippen molar-refractivity contribution in [1.82, 2.24) is 29.9 Å². The first-order valence-electron chi connectivity index (χ1n) is 10.6. The van der Waals surface area contributed by atoms with E-state index < -0.39 is 0 Å². The fourth-order valence-electron chi connectivity index (χ4n) is 3.43. The Hall–Kier alpha value is -2.78. The van der Waals surface area contributed by atoms with Crippen molar-refractivity contribution in [3.05, 3.63) is 68.9 Å². The van der Waals surface area contributed by atoms with Crippen LogP contribution in [0.25, 0.3) is 5.78 Å². The first-order chi connectivity index (χ1) is 15.5. The van der Waals surface area contributed by atoms with Crippen LogP contribution in [0, 0.1) is 20.8 Å². The Morgan fingerprint density at radius 2 is 1.94 bits per heavy atom. The highest BCUT2D eigenvalue weighted by Gasteiger charge is 2.13. The zero-order valence-corrected chi connectivity index (χ0v) is 20.1. The summed E-state index contributed by atoms with van der Waals surface area (Å²) in [6.07, 6.45) is 2.90. The first kappa shape index (κ1) is 22.4. The molecule has 0 bridgehead atoms. The zero-order chi connectivity index (χ0) is 22.5. The van der Waals surface area contributed by atoms with Gasteiger partial charge in [-0.25, -0.2) is 14.5 Å². The van der Waals surface area contributed by atoms with Crippen LogP contribution in [-0.2, 0) is 12.2 Å². The molecule has 3 aromatic heterocycles. The third-order valence-corrected chi connectivity index (χ3v) is 6.90. The van der Waals surface area contributed by atoms with Gasteiger partial charge in [0.1, 0.15) is 0 Å². The quantitative estimate of drug-likeness (QED) is 0.288. The van der Waals surface area contributed by atoms with Crippen LogP contribution in [0.4, 0.5) is 0 Å². The number of hydrogen-bond donors (Lipinski definition) is 1. The third-order valence-electron chi connectivity index (χ3n) is 4.99. The van der Waals surface area contributed by atoms with E-state index in [-0.39, 0.29) is 5.91 Å². The SMILES string of the molecule is Cc1csc(CCCCNC(=O)c2ccccc2CSc2nc3nc(C)cc(C)n3n2)n1. The van der Waals surface area contributed by atoms with Gasteiger partial charge in [0, 0.05) is 40.3 Å². The number of fused-ring (bicyclic) bond motifs is 1. The van der Waals surface area contributed by atoms with Crippen LogP contribution in [0.2, 0.25) is 0 Å². The van der Waals surface area contributed by atoms with Crippen molar-refractivity contribution in [2.45, 2.75) is 50.9 Å². The van der Waals surface area contributed by atoms with Gasteiger partial charge in [0.2, 0.25) is 5.16 Å². The van der Waals surface area contributed by atoms with Gasteiger partial charge < -0.3 is 5.32 Å². The van der Waals surface area contributed by atoms with Gasteiger partial charge in [-0.1, -0.05) is 30.0 Å². The van der Waals surface area contributed by atoms with Gasteiger partial charge in [0.25, 0.3) is 11.7 Å². The number of thioether (sulfide) groups is 1. The molecule has 0 fully saturated rings. The summed E-state index contributed by atoms with van der Waals surface area (Å²) in [4.78, 5) is 26.2. The van der Waals surface area contributed by atoms with E-state index in [2.05, 4.69) is 30.7 Å². The number of carbonyl (C=O) groups excluding carboxylic acids is 1. The van der Waals surface area contributed by atoms with Crippen LogP contribution >= 0.6 is 23.1 Å². The zero-order valence-electron chi connectivity index (χ0n) is 18.5. The van der Waals surface area contributed by atoms with Crippen LogP contribution in [0.5, 0.6) is 0 Å². The minimum Gasteiger partial charge on any atom is -0.352 e. The summed E-state index contributed by atoms with van der Waals surface area (Å²) in [5.74, 6) is 1.17. The molecule has 7 nitrogen and oxygen atoms in total. The van der Waals surface area contributed by atoms with E-state index in [1.165, 1.54) is 11.8 Å². The Kier molecular flexibility index (Phi) is 7.16. The predicted molar refractivity (Wildman–Crippen MR) is 128 cm³/mol. The van der Waals surface area contributed by atoms with E-state index in [0.717, 1.165) is 46.9 Å². The highest BCUT2D eigenvalue weighted by molar-refractivity contribution is 7.98. The van der Waals surface area contributed by atoms with Gasteiger partial charge in [-0.2, -0.15) is 4.98 Å². The summed E-state index contributed by atoms with van der Waals surface area (Å²) in [7, 11) is 0. The molecule has 1 aromatic carbocycles. The molecule has 1 N–H and O–H groups in total. The number of unbranched alkanes of at least 4 members (excludes halogenated alkanes) is 1. The average molecular weight is 467 g/mol. The first-order valence-corrected chi connectivity index (χ1v) is 12.5. The molecule has 0 unspecified atom stereocenters. The number of rotatable bonds is 9. The highest BCUT2D eigenvalue weighted by Crippen LogP contribution is 2.23. The summed E-state index contributed by atoms with van der Waals surface area (Å²) in [5, 5.41) is 11.5. The Bertz CT molecular complexity index is 1230. The number of thiazole rings is 1. The molecule has 4 rings (SSSR count). The second-order valence-electron chi connectivity index (χ2n) is 7.69. The van der Waals surface area contributed by atoms with E-state index in [9.17, 15) is 4.79 Å². The summed E-state index contributed by atoms with van der Waals surface area (Å²) in [6.45, 7) is 6.61. The van der Waals surface area contributed by atoms with E-state index in [0.29, 0.717) is 28.8 Å². The number of carbonyl (C=O) groups is 1. The number of benzene rings is 1. The molecule has 0 aliphatic rings. The molecule has 0 atom stereocenters. The number of aromatic nitrogens is 5. The molecule has 0 spiro atoms. The van der Waals surface area contributed by atoms with Crippen LogP contribution in [0.1, 0.15) is 50.9 Å². The maximum Gasteiger partial charge on any atom is 0.253 e. The Morgan fingerprint density at radius 3 is 2.75 bits per heavy atom. The molecular formula is C23H26N6OS2. The third kappa shape index (κ3) is 5.52. The van der Waals surface area contributed by atoms with Gasteiger partial charge in [-0.15, -0.1) is 16.4 Å². The molecule has 0 aliphatic carbocycles. The molecule has 3 heterocycles. The van der Waals surface area contributed by atoms with Gasteiger partial charge >= 0.3 is 0 Å². The van der Waals surface area contributed by atoms with Gasteiger partial charge in [-0.3, -0.25) is 4.79 Å². The summed E-state index contributed by atoms with van der Waals surface area (Å²) in [6, 6.07) is 9.68. The average Bonchev–Trinajstić information content (AvgIpc) is 3.38. The summed E-state index contributed by atoms with van der Waals surface area (Å²) in [5.41, 5.74) is 4.66. The van der Waals surface area contributed by atoms with Gasteiger partial charge in [0.05, 0.1) is 5.01 Å². The van der Waals surface area contributed by atoms with Gasteiger partial charge in [-0.05, 0) is 57.7 Å². The second-order valence-corrected chi connectivity index (χ2v) is 9.57. The van der Waals surface area contributed by atoms with Crippen LogP contribution < -0.4 is 5.32 Å². The molecule has 0 radical (unpaired) electrons. The summed E-state index contributed by atoms with van der Waals surface area (Å²) >= 11 is 3.21. The summed E-state index contributed by atoms with van der Waals surface area (Å²) < 4.78 is 1.75. The monoisotopic (exact) mass is 466 g/mol. The molecule has 0 saturated carbocycles. The lowest BCUT2D eigenvalue weighted by Crippen LogP contribution is -2.25. The molecule has 9 heteroatoms. The number of hydrogen-bond acceptors (Lipinski definition) is 7. The van der Waals surface area contributed by atoms with Crippen molar-refractivity contribution in [2.75, 3.05) is 6.54 Å². The molecule has 1 amide bonds. The lowest BCUT2D eigenvalue weighted by molar-refractivity contribution is 0.0952. The largest absolute Gasteiger partial charge is 0.352 e. The van der Waals surface area contributed by atoms with Crippen LogP contribution in [0.3, 0.4) is 0 Å². The van der Waals surface area contributed by atoms with Crippen molar-refractivity contribution in [3.63, 3.8) is 0 Å². The van der Waals surface area contributed by atoms with Crippen molar-refractivity contribution < 1.29 is 4.79 Å². The lowest BCUT2D eigenvalue weighted by atomic mass is 10.1. The van der Waals surface area contributed by atoms with Crippen molar-refractivity contribution in [2.24, 2.45) is 0 Å². The fourth-order valence-corrected chi connectivity index (χ4v) is 5.08. The number of nitrogens with one attached hydrogen (secondary N) is 1. The molecule has 0 saturated heterocycles. The standard InChI is InChI=1S/C23H26N6OS2/c1-15-12-17(3)29-22(26-15)27-23(28-29)32-14-18-8-4-5-9-19(18)21(30)24-11-7-6-10-20-25-16(2)13-31-20/h4-5,8-9,12-13H,6-7,10-11,14H2,1-3H3,(H,24,30). The number of aryl methyl sites for hydroxylation is 4. The highest BCUT2D eigenvalue weighted by atomic mass is 32.2. The second kappa shape index (κ2) is 10.2. The number of amides is 1. The Balaban J connectivity index is 1.32. The molecule has 0 aliphatic heterocycles. The molecule has 4 aromatic rings. The molecule has 166 valence electrons. The van der Waals surface area contributed by atoms with Gasteiger partial charge in [0.15, 0.2) is 0 Å². The predicted octanol–water partition coefficient (Wildman–Crippen LogP) is 4.55. The van der Waals surface area contributed by atoms with Crippen molar-refractivity contribution in [1.29, 1.82) is 0 Å². The number of nitrogens with zero attached hydrogens (tertiary/aromatic N) is 5. The van der Waals surface area contributed by atoms with E-state index in [1.807, 2.05) is 51.1 Å². The Morgan fingerprint density at radius 1 is 1.09 bits per heavy atom. The van der Waals surface area contributed by atoms with Crippen molar-refractivity contribution >= 4 is 34.8 Å². The van der Waals surface area contributed by atoms with Crippen molar-refractivity contribution in [3.8, 4) is 0 Å². The van der Waals surface area contributed by atoms with E-state index >= 15 is 0 Å². The molecule has 32 heavy (non-hydrogen) atoms. The fraction of sp³-hybridized carbons (Fsp3) is 0.348. The lowest BCUT2D eigenvalue weighted by Gasteiger charge is -2.09. The van der Waals surface area contributed by atoms with Crippen LogP contribution in [0.15, 0.2) is 40.9 Å². The normalized spacial score (nSPS) is 11.2. The topological polar surface area (TPSA) is 85.1 Å². The van der Waals surface area contributed by atoms with E-state index in [1.54, 1.807) is 15.9 Å². The smallest absolute Gasteiger partial charge is 0.253 e. The minimum atomic E-state index is -0.0395. The Labute approximate surface area is 195 Å². The maximum absolute atomic E-state index is 12.8. The minimum absolute atomic E-state index is 0.0395. The maximum atomic E-state index is 12.8. The van der Waals surface area contributed by atoms with E-state index in [4.69, 9.17) is 0 Å². The van der Waals surface area contributed by atoms with Crippen LogP contribution in [-0.4, -0.2) is 37.0 Å².